The van der Waals surface area contributed by atoms with Crippen LogP contribution >= 0.6 is 0 Å². The van der Waals surface area contributed by atoms with E-state index in [0.717, 1.165) is 22.9 Å². The first-order valence-electron chi connectivity index (χ1n) is 7.38. The third-order valence-corrected chi connectivity index (χ3v) is 4.39. The van der Waals surface area contributed by atoms with Crippen molar-refractivity contribution >= 4 is 26.4 Å². The molecule has 1 heterocycles. The molecule has 0 N–H and O–H groups in total. The van der Waals surface area contributed by atoms with Gasteiger partial charge in [0.2, 0.25) is 0 Å². The number of rotatable bonds is 4. The second-order valence-electron chi connectivity index (χ2n) is 6.64. The van der Waals surface area contributed by atoms with E-state index >= 15 is 0 Å². The monoisotopic (exact) mass is 304 g/mol. The Kier molecular flexibility index (Phi) is 4.34. The molecule has 0 spiro atoms. The summed E-state index contributed by atoms with van der Waals surface area (Å²) >= 11 is 0. The molecule has 4 nitrogen and oxygen atoms in total. The average molecular weight is 304 g/mol. The van der Waals surface area contributed by atoms with Gasteiger partial charge in [-0.2, -0.15) is 0 Å². The number of benzene rings is 1. The van der Waals surface area contributed by atoms with E-state index in [1.807, 2.05) is 22.8 Å². The van der Waals surface area contributed by atoms with Gasteiger partial charge in [-0.3, -0.25) is 4.79 Å². The van der Waals surface area contributed by atoms with Gasteiger partial charge in [-0.1, -0.05) is 12.1 Å². The summed E-state index contributed by atoms with van der Waals surface area (Å²) in [5.41, 5.74) is 2.72. The predicted octanol–water partition coefficient (Wildman–Crippen LogP) is 3.66. The van der Waals surface area contributed by atoms with Gasteiger partial charge in [-0.15, -0.1) is 0 Å². The Labute approximate surface area is 127 Å². The Morgan fingerprint density at radius 3 is 2.52 bits per heavy atom. The number of imidazole rings is 1. The van der Waals surface area contributed by atoms with Gasteiger partial charge in [0.15, 0.2) is 21.2 Å². The van der Waals surface area contributed by atoms with E-state index in [1.165, 1.54) is 0 Å². The van der Waals surface area contributed by atoms with Gasteiger partial charge < -0.3 is 8.99 Å². The zero-order valence-electron chi connectivity index (χ0n) is 13.7. The summed E-state index contributed by atoms with van der Waals surface area (Å²) in [6, 6.07) is 6.07. The molecule has 0 radical (unpaired) electrons. The van der Waals surface area contributed by atoms with Crippen LogP contribution in [0.4, 0.5) is 0 Å². The fourth-order valence-corrected chi connectivity index (χ4v) is 3.70. The molecule has 114 valence electrons. The molecule has 0 aliphatic carbocycles. The van der Waals surface area contributed by atoms with E-state index in [4.69, 9.17) is 4.43 Å². The maximum Gasteiger partial charge on any atom is 0.185 e. The summed E-state index contributed by atoms with van der Waals surface area (Å²) in [7, 11) is -1.13. The topological polar surface area (TPSA) is 44.1 Å². The molecule has 1 aromatic carbocycles. The molecule has 0 saturated carbocycles. The van der Waals surface area contributed by atoms with E-state index in [2.05, 4.69) is 45.8 Å². The molecule has 0 amide bonds. The minimum Gasteiger partial charge on any atom is -0.414 e. The van der Waals surface area contributed by atoms with E-state index in [9.17, 15) is 4.79 Å². The Balaban J connectivity index is 2.67. The van der Waals surface area contributed by atoms with Crippen molar-refractivity contribution in [1.29, 1.82) is 0 Å². The summed E-state index contributed by atoms with van der Waals surface area (Å²) in [4.78, 5) is 16.0. The molecule has 1 unspecified atom stereocenters. The highest BCUT2D eigenvalue weighted by atomic mass is 28.3. The molecule has 2 aromatic rings. The highest BCUT2D eigenvalue weighted by Crippen LogP contribution is 2.30. The van der Waals surface area contributed by atoms with E-state index in [1.54, 1.807) is 0 Å². The third kappa shape index (κ3) is 3.08. The number of carbonyl (C=O) groups excluding carboxylic acids is 1. The maximum absolute atomic E-state index is 11.4. The Morgan fingerprint density at radius 2 is 2.00 bits per heavy atom. The van der Waals surface area contributed by atoms with Crippen LogP contribution in [0.1, 0.15) is 50.0 Å². The van der Waals surface area contributed by atoms with Gasteiger partial charge in [0.1, 0.15) is 0 Å². The fraction of sp³-hybridized carbons (Fsp3) is 0.500. The number of hydrogen-bond donors (Lipinski definition) is 0. The first kappa shape index (κ1) is 15.9. The minimum atomic E-state index is -1.13. The molecule has 0 aliphatic rings. The summed E-state index contributed by atoms with van der Waals surface area (Å²) in [5, 5.41) is 0. The number of aromatic nitrogens is 2. The fourth-order valence-electron chi connectivity index (χ4n) is 2.73. The molecule has 1 atom stereocenters. The van der Waals surface area contributed by atoms with Crippen molar-refractivity contribution in [3.8, 4) is 0 Å². The summed E-state index contributed by atoms with van der Waals surface area (Å²) < 4.78 is 8.01. The van der Waals surface area contributed by atoms with Crippen LogP contribution < -0.4 is 0 Å². The molecule has 0 aliphatic heterocycles. The zero-order chi connectivity index (χ0) is 15.8. The molecule has 21 heavy (non-hydrogen) atoms. The quantitative estimate of drug-likeness (QED) is 0.639. The Hall–Kier alpha value is -1.46. The normalized spacial score (nSPS) is 13.9. The van der Waals surface area contributed by atoms with E-state index < -0.39 is 9.04 Å². The van der Waals surface area contributed by atoms with Crippen LogP contribution in [0.5, 0.6) is 0 Å². The van der Waals surface area contributed by atoms with Crippen molar-refractivity contribution in [3.05, 3.63) is 29.6 Å². The summed E-state index contributed by atoms with van der Waals surface area (Å²) in [5.74, 6) is 0.471. The highest BCUT2D eigenvalue weighted by Gasteiger charge is 2.23. The predicted molar refractivity (Wildman–Crippen MR) is 88.5 cm³/mol. The van der Waals surface area contributed by atoms with Crippen LogP contribution in [0, 0.1) is 0 Å². The van der Waals surface area contributed by atoms with Gasteiger partial charge in [-0.25, -0.2) is 4.98 Å². The van der Waals surface area contributed by atoms with Crippen molar-refractivity contribution in [2.45, 2.75) is 52.4 Å². The number of nitrogens with zero attached hydrogens (tertiary/aromatic N) is 2. The van der Waals surface area contributed by atoms with Gasteiger partial charge in [0.05, 0.1) is 17.1 Å². The molecule has 0 saturated heterocycles. The standard InChI is InChI=1S/C16H24N2O2Si/c1-11(20-21(5)6)12-8-7-9-13-15(12)17-14(10-19)18(13)16(2,3)4/h7-11,21H,1-6H3. The lowest BCUT2D eigenvalue weighted by Gasteiger charge is -2.23. The van der Waals surface area contributed by atoms with Crippen molar-refractivity contribution in [3.63, 3.8) is 0 Å². The Bertz CT molecular complexity index is 656. The lowest BCUT2D eigenvalue weighted by atomic mass is 10.1. The lowest BCUT2D eigenvalue weighted by Crippen LogP contribution is -2.23. The molecule has 5 heteroatoms. The number of carbonyl (C=O) groups is 1. The van der Waals surface area contributed by atoms with Crippen LogP contribution in [-0.2, 0) is 9.96 Å². The van der Waals surface area contributed by atoms with Crippen molar-refractivity contribution < 1.29 is 9.22 Å². The number of fused-ring (bicyclic) bond motifs is 1. The molecule has 2 rings (SSSR count). The molecular formula is C16H24N2O2Si. The highest BCUT2D eigenvalue weighted by molar-refractivity contribution is 6.48. The molecule has 0 fully saturated rings. The molecular weight excluding hydrogens is 280 g/mol. The van der Waals surface area contributed by atoms with Crippen molar-refractivity contribution in [2.75, 3.05) is 0 Å². The lowest BCUT2D eigenvalue weighted by molar-refractivity contribution is 0.110. The molecule has 0 bridgehead atoms. The largest absolute Gasteiger partial charge is 0.414 e. The van der Waals surface area contributed by atoms with Crippen LogP contribution in [0.25, 0.3) is 11.0 Å². The van der Waals surface area contributed by atoms with Crippen LogP contribution in [0.2, 0.25) is 13.1 Å². The first-order valence-corrected chi connectivity index (χ1v) is 10.2. The molecule has 1 aromatic heterocycles. The maximum atomic E-state index is 11.4. The number of aldehydes is 1. The van der Waals surface area contributed by atoms with E-state index in [-0.39, 0.29) is 11.6 Å². The van der Waals surface area contributed by atoms with Crippen LogP contribution in [0.15, 0.2) is 18.2 Å². The minimum absolute atomic E-state index is 0.00295. The van der Waals surface area contributed by atoms with Gasteiger partial charge >= 0.3 is 0 Å². The SMILES string of the molecule is CC(O[SiH](C)C)c1cccc2c1nc(C=O)n2C(C)(C)C. The van der Waals surface area contributed by atoms with Crippen molar-refractivity contribution in [2.24, 2.45) is 0 Å². The number of para-hydroxylation sites is 1. The summed E-state index contributed by atoms with van der Waals surface area (Å²) in [6.45, 7) is 12.6. The first-order chi connectivity index (χ1) is 9.75. The summed E-state index contributed by atoms with van der Waals surface area (Å²) in [6.07, 6.45) is 0.834. The zero-order valence-corrected chi connectivity index (χ0v) is 14.8. The third-order valence-electron chi connectivity index (χ3n) is 3.43. The Morgan fingerprint density at radius 1 is 1.33 bits per heavy atom. The second-order valence-corrected chi connectivity index (χ2v) is 9.01. The van der Waals surface area contributed by atoms with Gasteiger partial charge in [-0.05, 0) is 46.9 Å². The van der Waals surface area contributed by atoms with Gasteiger partial charge in [0.25, 0.3) is 0 Å². The van der Waals surface area contributed by atoms with Crippen LogP contribution in [-0.4, -0.2) is 24.9 Å². The van der Waals surface area contributed by atoms with Crippen molar-refractivity contribution in [1.82, 2.24) is 9.55 Å². The average Bonchev–Trinajstić information content (AvgIpc) is 2.75. The van der Waals surface area contributed by atoms with Gasteiger partial charge in [0, 0.05) is 11.1 Å². The number of hydrogen-bond acceptors (Lipinski definition) is 3. The van der Waals surface area contributed by atoms with E-state index in [0.29, 0.717) is 5.82 Å². The smallest absolute Gasteiger partial charge is 0.185 e. The van der Waals surface area contributed by atoms with Crippen LogP contribution in [0.3, 0.4) is 0 Å². The second kappa shape index (κ2) is 5.73.